The summed E-state index contributed by atoms with van der Waals surface area (Å²) in [7, 11) is 0. The Morgan fingerprint density at radius 1 is 1.29 bits per heavy atom. The lowest BCUT2D eigenvalue weighted by molar-refractivity contribution is 0.240. The highest BCUT2D eigenvalue weighted by Gasteiger charge is 2.20. The fraction of sp³-hybridized carbons (Fsp3) is 0.692. The largest absolute Gasteiger partial charge is 0.396 e. The van der Waals surface area contributed by atoms with Gasteiger partial charge >= 0.3 is 0 Å². The Hall–Kier alpha value is -1.16. The van der Waals surface area contributed by atoms with Crippen molar-refractivity contribution < 1.29 is 5.11 Å². The molecule has 0 amide bonds. The van der Waals surface area contributed by atoms with Gasteiger partial charge in [-0.05, 0) is 37.2 Å². The number of aliphatic hydroxyl groups excluding tert-OH is 1. The summed E-state index contributed by atoms with van der Waals surface area (Å²) in [4.78, 5) is 11.1. The molecule has 2 heterocycles. The lowest BCUT2D eigenvalue weighted by Gasteiger charge is -2.31. The minimum absolute atomic E-state index is 0.312. The van der Waals surface area contributed by atoms with Crippen LogP contribution in [0.3, 0.4) is 0 Å². The predicted molar refractivity (Wildman–Crippen MR) is 68.0 cm³/mol. The molecule has 1 aromatic heterocycles. The van der Waals surface area contributed by atoms with Gasteiger partial charge in [-0.1, -0.05) is 6.92 Å². The standard InChI is InChI=1S/C13H21N3O/c1-2-11-9-14-13(15-10-11)16-6-3-12(4-7-16)5-8-17/h9-10,12,17H,2-8H2,1H3. The Labute approximate surface area is 103 Å². The van der Waals surface area contributed by atoms with Crippen molar-refractivity contribution in [2.75, 3.05) is 24.6 Å². The summed E-state index contributed by atoms with van der Waals surface area (Å²) in [6, 6.07) is 0. The number of anilines is 1. The van der Waals surface area contributed by atoms with Gasteiger partial charge in [-0.2, -0.15) is 0 Å². The first-order valence-corrected chi connectivity index (χ1v) is 6.50. The molecule has 0 atom stereocenters. The number of nitrogens with zero attached hydrogens (tertiary/aromatic N) is 3. The molecule has 17 heavy (non-hydrogen) atoms. The second-order valence-corrected chi connectivity index (χ2v) is 4.69. The molecule has 1 aliphatic heterocycles. The molecule has 0 unspecified atom stereocenters. The first kappa shape index (κ1) is 12.3. The lowest BCUT2D eigenvalue weighted by Crippen LogP contribution is -2.35. The zero-order valence-electron chi connectivity index (χ0n) is 10.5. The van der Waals surface area contributed by atoms with E-state index in [1.807, 2.05) is 12.4 Å². The van der Waals surface area contributed by atoms with Crippen LogP contribution in [-0.2, 0) is 6.42 Å². The molecule has 2 rings (SSSR count). The number of hydrogen-bond acceptors (Lipinski definition) is 4. The summed E-state index contributed by atoms with van der Waals surface area (Å²) in [5.41, 5.74) is 1.18. The molecule has 0 spiro atoms. The van der Waals surface area contributed by atoms with Gasteiger partial charge in [0.15, 0.2) is 0 Å². The molecule has 0 bridgehead atoms. The Balaban J connectivity index is 1.91. The maximum Gasteiger partial charge on any atom is 0.225 e. The van der Waals surface area contributed by atoms with Gasteiger partial charge in [-0.15, -0.1) is 0 Å². The molecule has 0 radical (unpaired) electrons. The molecule has 1 aromatic rings. The highest BCUT2D eigenvalue weighted by atomic mass is 16.3. The average Bonchev–Trinajstić information content (AvgIpc) is 2.40. The monoisotopic (exact) mass is 235 g/mol. The molecule has 1 saturated heterocycles. The van der Waals surface area contributed by atoms with Gasteiger partial charge in [0, 0.05) is 32.1 Å². The van der Waals surface area contributed by atoms with E-state index in [-0.39, 0.29) is 0 Å². The van der Waals surface area contributed by atoms with Crippen molar-refractivity contribution in [1.82, 2.24) is 9.97 Å². The number of aliphatic hydroxyl groups is 1. The second-order valence-electron chi connectivity index (χ2n) is 4.69. The third-order valence-electron chi connectivity index (χ3n) is 3.53. The Kier molecular flexibility index (Phi) is 4.31. The Bertz CT molecular complexity index is 331. The molecular weight excluding hydrogens is 214 g/mol. The highest BCUT2D eigenvalue weighted by Crippen LogP contribution is 2.22. The number of piperidine rings is 1. The van der Waals surface area contributed by atoms with Crippen molar-refractivity contribution in [2.24, 2.45) is 5.92 Å². The molecule has 0 saturated carbocycles. The minimum Gasteiger partial charge on any atom is -0.396 e. The van der Waals surface area contributed by atoms with Crippen LogP contribution in [0.4, 0.5) is 5.95 Å². The van der Waals surface area contributed by atoms with Crippen LogP contribution in [0.25, 0.3) is 0 Å². The van der Waals surface area contributed by atoms with E-state index < -0.39 is 0 Å². The molecule has 1 aliphatic rings. The summed E-state index contributed by atoms with van der Waals surface area (Å²) in [5.74, 6) is 1.52. The molecule has 4 nitrogen and oxygen atoms in total. The van der Waals surface area contributed by atoms with Gasteiger partial charge in [0.05, 0.1) is 0 Å². The first-order chi connectivity index (χ1) is 8.33. The van der Waals surface area contributed by atoms with E-state index in [1.54, 1.807) is 0 Å². The van der Waals surface area contributed by atoms with Crippen LogP contribution in [0, 0.1) is 5.92 Å². The maximum atomic E-state index is 8.92. The Morgan fingerprint density at radius 2 is 1.94 bits per heavy atom. The van der Waals surface area contributed by atoms with Gasteiger partial charge in [0.25, 0.3) is 0 Å². The van der Waals surface area contributed by atoms with Crippen LogP contribution in [0.2, 0.25) is 0 Å². The van der Waals surface area contributed by atoms with E-state index in [2.05, 4.69) is 21.8 Å². The zero-order chi connectivity index (χ0) is 12.1. The fourth-order valence-electron chi connectivity index (χ4n) is 2.30. The number of rotatable bonds is 4. The normalized spacial score (nSPS) is 17.4. The van der Waals surface area contributed by atoms with Gasteiger partial charge in [-0.25, -0.2) is 9.97 Å². The van der Waals surface area contributed by atoms with Crippen molar-refractivity contribution in [2.45, 2.75) is 32.6 Å². The van der Waals surface area contributed by atoms with E-state index in [0.717, 1.165) is 44.7 Å². The van der Waals surface area contributed by atoms with Crippen LogP contribution in [-0.4, -0.2) is 34.8 Å². The molecular formula is C13H21N3O. The minimum atomic E-state index is 0.312. The number of aromatic nitrogens is 2. The van der Waals surface area contributed by atoms with Crippen molar-refractivity contribution in [3.8, 4) is 0 Å². The van der Waals surface area contributed by atoms with E-state index in [0.29, 0.717) is 12.5 Å². The van der Waals surface area contributed by atoms with Gasteiger partial charge in [-0.3, -0.25) is 0 Å². The molecule has 0 aliphatic carbocycles. The van der Waals surface area contributed by atoms with Crippen molar-refractivity contribution >= 4 is 5.95 Å². The topological polar surface area (TPSA) is 49.2 Å². The van der Waals surface area contributed by atoms with Crippen LogP contribution >= 0.6 is 0 Å². The third kappa shape index (κ3) is 3.16. The quantitative estimate of drug-likeness (QED) is 0.862. The molecule has 94 valence electrons. The van der Waals surface area contributed by atoms with E-state index in [1.165, 1.54) is 5.56 Å². The van der Waals surface area contributed by atoms with Crippen LogP contribution in [0.5, 0.6) is 0 Å². The smallest absolute Gasteiger partial charge is 0.225 e. The summed E-state index contributed by atoms with van der Waals surface area (Å²) in [6.07, 6.45) is 8.03. The Morgan fingerprint density at radius 3 is 2.47 bits per heavy atom. The molecule has 0 aromatic carbocycles. The van der Waals surface area contributed by atoms with Gasteiger partial charge < -0.3 is 10.0 Å². The summed E-state index contributed by atoms with van der Waals surface area (Å²) in [5, 5.41) is 8.92. The average molecular weight is 235 g/mol. The lowest BCUT2D eigenvalue weighted by atomic mass is 9.94. The summed E-state index contributed by atoms with van der Waals surface area (Å²) < 4.78 is 0. The summed E-state index contributed by atoms with van der Waals surface area (Å²) in [6.45, 7) is 4.44. The van der Waals surface area contributed by atoms with Crippen LogP contribution in [0.15, 0.2) is 12.4 Å². The van der Waals surface area contributed by atoms with E-state index >= 15 is 0 Å². The third-order valence-corrected chi connectivity index (χ3v) is 3.53. The highest BCUT2D eigenvalue weighted by molar-refractivity contribution is 5.30. The maximum absolute atomic E-state index is 8.92. The zero-order valence-corrected chi connectivity index (χ0v) is 10.5. The first-order valence-electron chi connectivity index (χ1n) is 6.50. The van der Waals surface area contributed by atoms with Crippen molar-refractivity contribution in [3.05, 3.63) is 18.0 Å². The van der Waals surface area contributed by atoms with E-state index in [9.17, 15) is 0 Å². The second kappa shape index (κ2) is 5.96. The number of aryl methyl sites for hydroxylation is 1. The molecule has 1 fully saturated rings. The van der Waals surface area contributed by atoms with Crippen LogP contribution < -0.4 is 4.90 Å². The van der Waals surface area contributed by atoms with Crippen molar-refractivity contribution in [1.29, 1.82) is 0 Å². The molecule has 1 N–H and O–H groups in total. The van der Waals surface area contributed by atoms with Crippen molar-refractivity contribution in [3.63, 3.8) is 0 Å². The van der Waals surface area contributed by atoms with Crippen LogP contribution in [0.1, 0.15) is 31.7 Å². The van der Waals surface area contributed by atoms with Gasteiger partial charge in [0.2, 0.25) is 5.95 Å². The summed E-state index contributed by atoms with van der Waals surface area (Å²) >= 11 is 0. The fourth-order valence-corrected chi connectivity index (χ4v) is 2.30. The van der Waals surface area contributed by atoms with Gasteiger partial charge in [0.1, 0.15) is 0 Å². The van der Waals surface area contributed by atoms with E-state index in [4.69, 9.17) is 5.11 Å². The molecule has 4 heteroatoms. The SMILES string of the molecule is CCc1cnc(N2CCC(CCO)CC2)nc1. The predicted octanol–water partition coefficient (Wildman–Crippen LogP) is 1.64. The number of hydrogen-bond donors (Lipinski definition) is 1.